The van der Waals surface area contributed by atoms with E-state index in [1.807, 2.05) is 26.0 Å². The zero-order valence-corrected chi connectivity index (χ0v) is 20.8. The van der Waals surface area contributed by atoms with Gasteiger partial charge in [0.15, 0.2) is 5.96 Å². The molecule has 0 bridgehead atoms. The third-order valence-corrected chi connectivity index (χ3v) is 5.57. The van der Waals surface area contributed by atoms with E-state index in [4.69, 9.17) is 0 Å². The number of fused-ring (bicyclic) bond motifs is 1. The number of aliphatic imine (C=N–C) groups is 1. The van der Waals surface area contributed by atoms with Gasteiger partial charge in [-0.3, -0.25) is 14.7 Å². The van der Waals surface area contributed by atoms with E-state index in [9.17, 15) is 9.59 Å². The Morgan fingerprint density at radius 2 is 1.97 bits per heavy atom. The monoisotopic (exact) mass is 540 g/mol. The normalized spacial score (nSPS) is 18.8. The maximum absolute atomic E-state index is 12.4. The first-order valence-corrected chi connectivity index (χ1v) is 10.7. The number of hydrogen-bond acceptors (Lipinski definition) is 3. The molecule has 170 valence electrons. The highest BCUT2D eigenvalue weighted by molar-refractivity contribution is 14.0. The van der Waals surface area contributed by atoms with Crippen LogP contribution >= 0.6 is 24.0 Å². The first kappa shape index (κ1) is 25.0. The number of nitrogens with zero attached hydrogens (tertiary/aromatic N) is 2. The van der Waals surface area contributed by atoms with E-state index in [2.05, 4.69) is 44.3 Å². The van der Waals surface area contributed by atoms with Gasteiger partial charge in [0.25, 0.3) is 5.91 Å². The Kier molecular flexibility index (Phi) is 9.15. The lowest BCUT2D eigenvalue weighted by atomic mass is 9.99. The van der Waals surface area contributed by atoms with Gasteiger partial charge in [-0.1, -0.05) is 25.1 Å². The summed E-state index contributed by atoms with van der Waals surface area (Å²) >= 11 is 0. The van der Waals surface area contributed by atoms with Crippen molar-refractivity contribution in [1.82, 2.24) is 25.8 Å². The Labute approximate surface area is 200 Å². The van der Waals surface area contributed by atoms with Crippen LogP contribution in [0.5, 0.6) is 0 Å². The van der Waals surface area contributed by atoms with Gasteiger partial charge in [-0.25, -0.2) is 4.79 Å². The van der Waals surface area contributed by atoms with Crippen LogP contribution in [0.4, 0.5) is 4.79 Å². The van der Waals surface area contributed by atoms with E-state index in [1.165, 1.54) is 15.8 Å². The molecule has 0 spiro atoms. The molecule has 1 aromatic carbocycles. The minimum Gasteiger partial charge on any atom is -0.361 e. The number of aromatic nitrogens is 1. The predicted molar refractivity (Wildman–Crippen MR) is 135 cm³/mol. The van der Waals surface area contributed by atoms with Crippen LogP contribution < -0.4 is 16.0 Å². The number of halogens is 1. The predicted octanol–water partition coefficient (Wildman–Crippen LogP) is 2.99. The molecule has 4 N–H and O–H groups in total. The Morgan fingerprint density at radius 3 is 2.68 bits per heavy atom. The van der Waals surface area contributed by atoms with Crippen molar-refractivity contribution >= 4 is 52.8 Å². The SMILES string of the molecule is CCNC(=NCCCN1C(=O)NC(C)(CC)C1=O)NCCc1c[nH]c2ccccc12.I. The van der Waals surface area contributed by atoms with Crippen LogP contribution in [0.25, 0.3) is 10.9 Å². The molecule has 1 saturated heterocycles. The van der Waals surface area contributed by atoms with Crippen LogP contribution in [0, 0.1) is 0 Å². The molecule has 0 aliphatic carbocycles. The van der Waals surface area contributed by atoms with Crippen LogP contribution in [-0.4, -0.2) is 59.5 Å². The third kappa shape index (κ3) is 5.90. The Balaban J connectivity index is 0.00000341. The smallest absolute Gasteiger partial charge is 0.325 e. The number of carbonyl (C=O) groups is 2. The highest BCUT2D eigenvalue weighted by atomic mass is 127. The van der Waals surface area contributed by atoms with Crippen molar-refractivity contribution in [3.63, 3.8) is 0 Å². The third-order valence-electron chi connectivity index (χ3n) is 5.57. The van der Waals surface area contributed by atoms with Crippen molar-refractivity contribution < 1.29 is 9.59 Å². The maximum Gasteiger partial charge on any atom is 0.325 e. The molecule has 1 aromatic heterocycles. The van der Waals surface area contributed by atoms with Crippen LogP contribution in [0.3, 0.4) is 0 Å². The molecule has 3 amide bonds. The summed E-state index contributed by atoms with van der Waals surface area (Å²) in [7, 11) is 0. The van der Waals surface area contributed by atoms with Gasteiger partial charge in [-0.15, -0.1) is 24.0 Å². The van der Waals surface area contributed by atoms with E-state index >= 15 is 0 Å². The zero-order chi connectivity index (χ0) is 21.6. The first-order chi connectivity index (χ1) is 14.5. The molecule has 0 radical (unpaired) electrons. The summed E-state index contributed by atoms with van der Waals surface area (Å²) in [6, 6.07) is 7.97. The van der Waals surface area contributed by atoms with Gasteiger partial charge in [0, 0.05) is 43.3 Å². The lowest BCUT2D eigenvalue weighted by molar-refractivity contribution is -0.130. The molecular formula is C22H33IN6O2. The van der Waals surface area contributed by atoms with E-state index in [1.54, 1.807) is 6.92 Å². The van der Waals surface area contributed by atoms with E-state index in [0.29, 0.717) is 25.9 Å². The number of H-pyrrole nitrogens is 1. The lowest BCUT2D eigenvalue weighted by Crippen LogP contribution is -2.43. The van der Waals surface area contributed by atoms with Gasteiger partial charge >= 0.3 is 6.03 Å². The van der Waals surface area contributed by atoms with Crippen molar-refractivity contribution in [1.29, 1.82) is 0 Å². The Hall–Kier alpha value is -2.30. The van der Waals surface area contributed by atoms with Crippen LogP contribution in [-0.2, 0) is 11.2 Å². The standard InChI is InChI=1S/C22H32N6O2.HI/c1-4-22(3)19(29)28(21(30)27-22)14-8-12-24-20(23-5-2)25-13-11-16-15-26-18-10-7-6-9-17(16)18;/h6-7,9-10,15,26H,4-5,8,11-14H2,1-3H3,(H,27,30)(H2,23,24,25);1H. The largest absolute Gasteiger partial charge is 0.361 e. The average Bonchev–Trinajstić information content (AvgIpc) is 3.25. The van der Waals surface area contributed by atoms with Crippen LogP contribution in [0.1, 0.15) is 39.2 Å². The number of imide groups is 1. The number of aromatic amines is 1. The van der Waals surface area contributed by atoms with Gasteiger partial charge < -0.3 is 20.9 Å². The maximum atomic E-state index is 12.4. The molecule has 31 heavy (non-hydrogen) atoms. The van der Waals surface area contributed by atoms with Gasteiger partial charge in [-0.05, 0) is 44.7 Å². The molecule has 2 heterocycles. The minimum absolute atomic E-state index is 0. The van der Waals surface area contributed by atoms with Crippen LogP contribution in [0.2, 0.25) is 0 Å². The number of carbonyl (C=O) groups excluding carboxylic acids is 2. The van der Waals surface area contributed by atoms with E-state index in [0.717, 1.165) is 31.0 Å². The quantitative estimate of drug-likeness (QED) is 0.129. The fourth-order valence-electron chi connectivity index (χ4n) is 3.61. The number of rotatable bonds is 9. The van der Waals surface area contributed by atoms with Gasteiger partial charge in [0.2, 0.25) is 0 Å². The highest BCUT2D eigenvalue weighted by Gasteiger charge is 2.45. The molecule has 8 nitrogen and oxygen atoms in total. The minimum atomic E-state index is -0.779. The molecule has 3 rings (SSSR count). The van der Waals surface area contributed by atoms with Crippen molar-refractivity contribution in [2.45, 2.75) is 45.6 Å². The van der Waals surface area contributed by atoms with Gasteiger partial charge in [0.1, 0.15) is 5.54 Å². The number of urea groups is 1. The highest BCUT2D eigenvalue weighted by Crippen LogP contribution is 2.21. The average molecular weight is 540 g/mol. The second kappa shape index (κ2) is 11.4. The van der Waals surface area contributed by atoms with Gasteiger partial charge in [0.05, 0.1) is 0 Å². The molecular weight excluding hydrogens is 507 g/mol. The van der Waals surface area contributed by atoms with Crippen molar-refractivity contribution in [3.05, 3.63) is 36.0 Å². The molecule has 1 aliphatic heterocycles. The molecule has 9 heteroatoms. The summed E-state index contributed by atoms with van der Waals surface area (Å²) in [5, 5.41) is 10.6. The van der Waals surface area contributed by atoms with Crippen molar-refractivity contribution in [3.8, 4) is 0 Å². The molecule has 1 atom stereocenters. The second-order valence-corrected chi connectivity index (χ2v) is 7.72. The first-order valence-electron chi connectivity index (χ1n) is 10.7. The number of amides is 3. The Bertz CT molecular complexity index is 928. The Morgan fingerprint density at radius 1 is 1.19 bits per heavy atom. The number of hydrogen-bond donors (Lipinski definition) is 4. The number of benzene rings is 1. The summed E-state index contributed by atoms with van der Waals surface area (Å²) in [4.78, 5) is 33.7. The van der Waals surface area contributed by atoms with Crippen LogP contribution in [0.15, 0.2) is 35.5 Å². The fourth-order valence-corrected chi connectivity index (χ4v) is 3.61. The van der Waals surface area contributed by atoms with Crippen molar-refractivity contribution in [2.24, 2.45) is 4.99 Å². The number of para-hydroxylation sites is 1. The summed E-state index contributed by atoms with van der Waals surface area (Å²) in [6.07, 6.45) is 4.14. The molecule has 1 aliphatic rings. The zero-order valence-electron chi connectivity index (χ0n) is 18.5. The van der Waals surface area contributed by atoms with E-state index < -0.39 is 5.54 Å². The summed E-state index contributed by atoms with van der Waals surface area (Å²) in [5.41, 5.74) is 1.64. The second-order valence-electron chi connectivity index (χ2n) is 7.72. The molecule has 2 aromatic rings. The molecule has 1 fully saturated rings. The summed E-state index contributed by atoms with van der Waals surface area (Å²) in [6.45, 7) is 8.12. The van der Waals surface area contributed by atoms with E-state index in [-0.39, 0.29) is 35.9 Å². The van der Waals surface area contributed by atoms with Gasteiger partial charge in [-0.2, -0.15) is 0 Å². The summed E-state index contributed by atoms with van der Waals surface area (Å²) in [5.74, 6) is 0.593. The molecule has 1 unspecified atom stereocenters. The fraction of sp³-hybridized carbons (Fsp3) is 0.500. The number of nitrogens with one attached hydrogen (secondary N) is 4. The molecule has 0 saturated carbocycles. The van der Waals surface area contributed by atoms with Crippen molar-refractivity contribution in [2.75, 3.05) is 26.2 Å². The lowest BCUT2D eigenvalue weighted by Gasteiger charge is -2.19. The summed E-state index contributed by atoms with van der Waals surface area (Å²) < 4.78 is 0. The topological polar surface area (TPSA) is 102 Å². The number of guanidine groups is 1.